The number of fused-ring (bicyclic) bond motifs is 1. The second kappa shape index (κ2) is 7.13. The summed E-state index contributed by atoms with van der Waals surface area (Å²) in [5.41, 5.74) is 1.02. The van der Waals surface area contributed by atoms with E-state index in [0.29, 0.717) is 23.2 Å². The monoisotopic (exact) mass is 393 g/mol. The van der Waals surface area contributed by atoms with E-state index >= 15 is 0 Å². The SMILES string of the molecule is C[C@]1(CNC2=C(F)CN=C(c3csc4ncc(Cl)cc34)N2)CCCNC1. The predicted octanol–water partition coefficient (Wildman–Crippen LogP) is 3.42. The highest BCUT2D eigenvalue weighted by molar-refractivity contribution is 7.17. The molecule has 4 rings (SSSR count). The third-order valence-electron chi connectivity index (χ3n) is 4.92. The van der Waals surface area contributed by atoms with Crippen molar-refractivity contribution in [2.45, 2.75) is 19.8 Å². The van der Waals surface area contributed by atoms with E-state index in [-0.39, 0.29) is 17.8 Å². The van der Waals surface area contributed by atoms with Crippen molar-refractivity contribution in [1.82, 2.24) is 20.9 Å². The first kappa shape index (κ1) is 17.7. The maximum atomic E-state index is 14.3. The van der Waals surface area contributed by atoms with Gasteiger partial charge in [0.15, 0.2) is 5.83 Å². The van der Waals surface area contributed by atoms with Crippen LogP contribution in [-0.2, 0) is 0 Å². The summed E-state index contributed by atoms with van der Waals surface area (Å²) in [6.45, 7) is 4.97. The zero-order valence-corrected chi connectivity index (χ0v) is 16.1. The number of aromatic nitrogens is 1. The maximum absolute atomic E-state index is 14.3. The lowest BCUT2D eigenvalue weighted by Crippen LogP contribution is -2.46. The molecule has 0 aromatic carbocycles. The number of piperidine rings is 1. The summed E-state index contributed by atoms with van der Waals surface area (Å²) in [6, 6.07) is 1.87. The molecule has 2 aliphatic rings. The van der Waals surface area contributed by atoms with Crippen molar-refractivity contribution in [3.63, 3.8) is 0 Å². The zero-order chi connectivity index (χ0) is 18.1. The van der Waals surface area contributed by atoms with Crippen LogP contribution in [0.25, 0.3) is 10.2 Å². The smallest absolute Gasteiger partial charge is 0.162 e. The highest BCUT2D eigenvalue weighted by Gasteiger charge is 2.28. The van der Waals surface area contributed by atoms with Crippen molar-refractivity contribution >= 4 is 39.0 Å². The molecule has 26 heavy (non-hydrogen) atoms. The molecule has 138 valence electrons. The van der Waals surface area contributed by atoms with Crippen molar-refractivity contribution in [1.29, 1.82) is 0 Å². The third-order valence-corrected chi connectivity index (χ3v) is 6.03. The Morgan fingerprint density at radius 3 is 3.15 bits per heavy atom. The molecule has 0 bridgehead atoms. The second-order valence-electron chi connectivity index (χ2n) is 7.17. The van der Waals surface area contributed by atoms with Gasteiger partial charge in [0.2, 0.25) is 0 Å². The normalized spacial score (nSPS) is 23.7. The molecule has 1 saturated heterocycles. The molecule has 2 aliphatic heterocycles. The van der Waals surface area contributed by atoms with Gasteiger partial charge in [0.25, 0.3) is 0 Å². The lowest BCUT2D eigenvalue weighted by Gasteiger charge is -2.35. The Hall–Kier alpha value is -1.70. The van der Waals surface area contributed by atoms with Gasteiger partial charge < -0.3 is 16.0 Å². The molecule has 3 N–H and O–H groups in total. The van der Waals surface area contributed by atoms with Crippen LogP contribution in [0.5, 0.6) is 0 Å². The Labute approximate surface area is 160 Å². The van der Waals surface area contributed by atoms with Crippen LogP contribution in [0.2, 0.25) is 5.02 Å². The van der Waals surface area contributed by atoms with Crippen LogP contribution in [0, 0.1) is 5.41 Å². The van der Waals surface area contributed by atoms with Crippen LogP contribution in [0.1, 0.15) is 25.3 Å². The average molecular weight is 394 g/mol. The van der Waals surface area contributed by atoms with Crippen molar-refractivity contribution < 1.29 is 4.39 Å². The van der Waals surface area contributed by atoms with Crippen molar-refractivity contribution in [3.8, 4) is 0 Å². The van der Waals surface area contributed by atoms with Crippen LogP contribution < -0.4 is 16.0 Å². The van der Waals surface area contributed by atoms with Crippen LogP contribution in [0.4, 0.5) is 4.39 Å². The van der Waals surface area contributed by atoms with E-state index in [2.05, 4.69) is 32.9 Å². The van der Waals surface area contributed by atoms with E-state index in [1.165, 1.54) is 11.3 Å². The number of aliphatic imine (C=N–C) groups is 1. The van der Waals surface area contributed by atoms with Gasteiger partial charge in [-0.3, -0.25) is 4.99 Å². The van der Waals surface area contributed by atoms with Gasteiger partial charge in [0, 0.05) is 35.6 Å². The second-order valence-corrected chi connectivity index (χ2v) is 8.46. The Bertz CT molecular complexity index is 885. The summed E-state index contributed by atoms with van der Waals surface area (Å²) in [4.78, 5) is 9.57. The largest absolute Gasteiger partial charge is 0.369 e. The molecular weight excluding hydrogens is 373 g/mol. The molecule has 0 aliphatic carbocycles. The zero-order valence-electron chi connectivity index (χ0n) is 14.5. The van der Waals surface area contributed by atoms with E-state index in [0.717, 1.165) is 41.7 Å². The Balaban J connectivity index is 1.51. The van der Waals surface area contributed by atoms with Crippen molar-refractivity contribution in [2.75, 3.05) is 26.2 Å². The van der Waals surface area contributed by atoms with Crippen LogP contribution >= 0.6 is 22.9 Å². The first-order valence-electron chi connectivity index (χ1n) is 8.72. The minimum absolute atomic E-state index is 0.0327. The summed E-state index contributed by atoms with van der Waals surface area (Å²) in [5, 5.41) is 13.3. The molecule has 1 atom stereocenters. The maximum Gasteiger partial charge on any atom is 0.162 e. The number of thiophene rings is 1. The molecule has 4 heterocycles. The Morgan fingerprint density at radius 1 is 1.46 bits per heavy atom. The molecule has 2 aromatic rings. The van der Waals surface area contributed by atoms with Crippen LogP contribution in [0.15, 0.2) is 34.3 Å². The summed E-state index contributed by atoms with van der Waals surface area (Å²) in [6.07, 6.45) is 3.91. The molecule has 0 saturated carbocycles. The highest BCUT2D eigenvalue weighted by atomic mass is 35.5. The third kappa shape index (κ3) is 3.56. The summed E-state index contributed by atoms with van der Waals surface area (Å²) in [7, 11) is 0. The number of halogens is 2. The number of hydrogen-bond donors (Lipinski definition) is 3. The number of pyridine rings is 1. The fraction of sp³-hybridized carbons (Fsp3) is 0.444. The molecule has 0 amide bonds. The van der Waals surface area contributed by atoms with Gasteiger partial charge in [0.1, 0.15) is 16.5 Å². The first-order valence-corrected chi connectivity index (χ1v) is 9.98. The van der Waals surface area contributed by atoms with Crippen molar-refractivity contribution in [3.05, 3.63) is 39.9 Å². The summed E-state index contributed by atoms with van der Waals surface area (Å²) in [5.74, 6) is 0.795. The Morgan fingerprint density at radius 2 is 2.35 bits per heavy atom. The molecule has 2 aromatic heterocycles. The molecule has 1 fully saturated rings. The number of rotatable bonds is 4. The summed E-state index contributed by atoms with van der Waals surface area (Å²) >= 11 is 7.61. The molecule has 8 heteroatoms. The molecule has 0 spiro atoms. The van der Waals surface area contributed by atoms with Gasteiger partial charge in [-0.15, -0.1) is 11.3 Å². The minimum atomic E-state index is -0.267. The molecule has 0 radical (unpaired) electrons. The molecule has 0 unspecified atom stereocenters. The quantitative estimate of drug-likeness (QED) is 0.744. The van der Waals surface area contributed by atoms with E-state index in [4.69, 9.17) is 11.6 Å². The van der Waals surface area contributed by atoms with Crippen molar-refractivity contribution in [2.24, 2.45) is 10.4 Å². The topological polar surface area (TPSA) is 61.3 Å². The number of nitrogens with one attached hydrogen (secondary N) is 3. The fourth-order valence-corrected chi connectivity index (χ4v) is 4.43. The van der Waals surface area contributed by atoms with Gasteiger partial charge in [-0.05, 0) is 30.9 Å². The van der Waals surface area contributed by atoms with E-state index < -0.39 is 0 Å². The van der Waals surface area contributed by atoms with Crippen LogP contribution in [-0.4, -0.2) is 37.0 Å². The molecule has 5 nitrogen and oxygen atoms in total. The van der Waals surface area contributed by atoms with E-state index in [1.807, 2.05) is 11.4 Å². The number of amidine groups is 1. The standard InChI is InChI=1S/C18H21ClFN5S/c1-18(3-2-4-21-9-18)10-24-16-14(20)7-22-15(25-16)13-8-26-17-12(13)5-11(19)6-23-17/h5-6,8,21,24H,2-4,7,9-10H2,1H3,(H,22,25)/t18-/m0/s1. The molecular formula is C18H21ClFN5S. The Kier molecular flexibility index (Phi) is 4.86. The number of hydrogen-bond acceptors (Lipinski definition) is 6. The van der Waals surface area contributed by atoms with E-state index in [9.17, 15) is 4.39 Å². The minimum Gasteiger partial charge on any atom is -0.369 e. The predicted molar refractivity (Wildman–Crippen MR) is 106 cm³/mol. The number of nitrogens with zero attached hydrogens (tertiary/aromatic N) is 2. The fourth-order valence-electron chi connectivity index (χ4n) is 3.39. The van der Waals surface area contributed by atoms with Gasteiger partial charge in [-0.25, -0.2) is 9.37 Å². The lowest BCUT2D eigenvalue weighted by atomic mass is 9.83. The average Bonchev–Trinajstić information content (AvgIpc) is 3.05. The summed E-state index contributed by atoms with van der Waals surface area (Å²) < 4.78 is 14.3. The lowest BCUT2D eigenvalue weighted by molar-refractivity contribution is 0.231. The van der Waals surface area contributed by atoms with Gasteiger partial charge in [-0.1, -0.05) is 18.5 Å². The first-order chi connectivity index (χ1) is 12.5. The van der Waals surface area contributed by atoms with Gasteiger partial charge in [0.05, 0.1) is 11.6 Å². The highest BCUT2D eigenvalue weighted by Crippen LogP contribution is 2.28. The van der Waals surface area contributed by atoms with Gasteiger partial charge in [-0.2, -0.15) is 0 Å². The van der Waals surface area contributed by atoms with Crippen LogP contribution in [0.3, 0.4) is 0 Å². The van der Waals surface area contributed by atoms with Gasteiger partial charge >= 0.3 is 0 Å². The van der Waals surface area contributed by atoms with E-state index in [1.54, 1.807) is 6.20 Å².